The van der Waals surface area contributed by atoms with Crippen LogP contribution in [0.1, 0.15) is 42.4 Å². The molecule has 0 aliphatic rings. The lowest BCUT2D eigenvalue weighted by Crippen LogP contribution is -1.96. The molecule has 0 radical (unpaired) electrons. The van der Waals surface area contributed by atoms with Gasteiger partial charge in [-0.25, -0.2) is 0 Å². The number of hydrogen-bond acceptors (Lipinski definition) is 2. The Morgan fingerprint density at radius 1 is 1.17 bits per heavy atom. The van der Waals surface area contributed by atoms with E-state index in [-0.39, 0.29) is 6.42 Å². The van der Waals surface area contributed by atoms with E-state index in [9.17, 15) is 4.79 Å². The molecule has 0 spiro atoms. The van der Waals surface area contributed by atoms with Crippen molar-refractivity contribution in [3.63, 3.8) is 0 Å². The number of aryl methyl sites for hydroxylation is 3. The third kappa shape index (κ3) is 4.40. The van der Waals surface area contributed by atoms with E-state index in [0.717, 1.165) is 42.6 Å². The van der Waals surface area contributed by atoms with E-state index in [2.05, 4.69) is 26.0 Å². The highest BCUT2D eigenvalue weighted by Crippen LogP contribution is 2.25. The average molecular weight is 250 g/mol. The molecular formula is C15H22O3. The molecule has 1 rings (SSSR count). The summed E-state index contributed by atoms with van der Waals surface area (Å²) in [5.41, 5.74) is 3.64. The maximum Gasteiger partial charge on any atom is 0.303 e. The number of hydrogen-bond donors (Lipinski definition) is 1. The molecule has 0 saturated carbocycles. The summed E-state index contributed by atoms with van der Waals surface area (Å²) in [6.07, 6.45) is 4.06. The van der Waals surface area contributed by atoms with Gasteiger partial charge in [-0.05, 0) is 49.8 Å². The van der Waals surface area contributed by atoms with Gasteiger partial charge in [0, 0.05) is 6.42 Å². The fourth-order valence-electron chi connectivity index (χ4n) is 2.29. The Hall–Kier alpha value is -1.51. The van der Waals surface area contributed by atoms with Gasteiger partial charge in [0.2, 0.25) is 0 Å². The van der Waals surface area contributed by atoms with Gasteiger partial charge in [0.1, 0.15) is 5.75 Å². The van der Waals surface area contributed by atoms with Crippen LogP contribution in [0.15, 0.2) is 12.1 Å². The van der Waals surface area contributed by atoms with Crippen molar-refractivity contribution in [2.45, 2.75) is 46.0 Å². The first-order chi connectivity index (χ1) is 8.54. The van der Waals surface area contributed by atoms with E-state index < -0.39 is 5.97 Å². The van der Waals surface area contributed by atoms with Crippen molar-refractivity contribution in [1.82, 2.24) is 0 Å². The molecule has 0 amide bonds. The molecule has 3 nitrogen and oxygen atoms in total. The third-order valence-electron chi connectivity index (χ3n) is 3.08. The van der Waals surface area contributed by atoms with Gasteiger partial charge in [-0.1, -0.05) is 18.6 Å². The molecule has 18 heavy (non-hydrogen) atoms. The minimum Gasteiger partial charge on any atom is -0.496 e. The maximum absolute atomic E-state index is 10.4. The first-order valence-electron chi connectivity index (χ1n) is 6.40. The summed E-state index contributed by atoms with van der Waals surface area (Å²) in [5, 5.41) is 8.55. The summed E-state index contributed by atoms with van der Waals surface area (Å²) in [6, 6.07) is 4.31. The van der Waals surface area contributed by atoms with Gasteiger partial charge in [-0.15, -0.1) is 0 Å². The van der Waals surface area contributed by atoms with Gasteiger partial charge in [0.25, 0.3) is 0 Å². The zero-order chi connectivity index (χ0) is 13.5. The molecule has 100 valence electrons. The summed E-state index contributed by atoms with van der Waals surface area (Å²) in [4.78, 5) is 10.4. The normalized spacial score (nSPS) is 10.4. The number of carboxylic acid groups (broad SMARTS) is 1. The van der Waals surface area contributed by atoms with Crippen molar-refractivity contribution in [3.05, 3.63) is 28.8 Å². The molecule has 0 heterocycles. The second kappa shape index (κ2) is 7.04. The van der Waals surface area contributed by atoms with Gasteiger partial charge >= 0.3 is 5.97 Å². The van der Waals surface area contributed by atoms with Crippen LogP contribution in [0.4, 0.5) is 0 Å². The van der Waals surface area contributed by atoms with Gasteiger partial charge < -0.3 is 9.84 Å². The summed E-state index contributed by atoms with van der Waals surface area (Å²) >= 11 is 0. The highest BCUT2D eigenvalue weighted by Gasteiger charge is 2.05. The number of carboxylic acids is 1. The van der Waals surface area contributed by atoms with Crippen molar-refractivity contribution >= 4 is 5.97 Å². The molecule has 0 atom stereocenters. The van der Waals surface area contributed by atoms with E-state index in [1.54, 1.807) is 7.11 Å². The first-order valence-corrected chi connectivity index (χ1v) is 6.40. The van der Waals surface area contributed by atoms with Crippen LogP contribution >= 0.6 is 0 Å². The molecule has 0 aliphatic carbocycles. The SMILES string of the molecule is COc1c(C)cc(CCCCCC(=O)O)cc1C. The van der Waals surface area contributed by atoms with Crippen LogP contribution in [0.5, 0.6) is 5.75 Å². The number of carbonyl (C=O) groups is 1. The Labute approximate surface area is 109 Å². The van der Waals surface area contributed by atoms with Gasteiger partial charge in [-0.2, -0.15) is 0 Å². The van der Waals surface area contributed by atoms with E-state index >= 15 is 0 Å². The van der Waals surface area contributed by atoms with Crippen LogP contribution in [0.2, 0.25) is 0 Å². The molecule has 1 aromatic rings. The van der Waals surface area contributed by atoms with Crippen LogP contribution in [0.25, 0.3) is 0 Å². The molecule has 3 heteroatoms. The van der Waals surface area contributed by atoms with Crippen molar-refractivity contribution in [1.29, 1.82) is 0 Å². The Bertz CT molecular complexity index is 387. The minimum absolute atomic E-state index is 0.278. The predicted octanol–water partition coefficient (Wildman–Crippen LogP) is 3.50. The maximum atomic E-state index is 10.4. The highest BCUT2D eigenvalue weighted by molar-refractivity contribution is 5.66. The molecule has 0 aromatic heterocycles. The molecular weight excluding hydrogens is 228 g/mol. The lowest BCUT2D eigenvalue weighted by molar-refractivity contribution is -0.137. The Morgan fingerprint density at radius 2 is 1.78 bits per heavy atom. The van der Waals surface area contributed by atoms with Crippen LogP contribution in [-0.4, -0.2) is 18.2 Å². The van der Waals surface area contributed by atoms with Crippen LogP contribution in [-0.2, 0) is 11.2 Å². The number of rotatable bonds is 7. The molecule has 0 fully saturated rings. The Morgan fingerprint density at radius 3 is 2.28 bits per heavy atom. The van der Waals surface area contributed by atoms with E-state index in [0.29, 0.717) is 0 Å². The van der Waals surface area contributed by atoms with Crippen molar-refractivity contribution < 1.29 is 14.6 Å². The lowest BCUT2D eigenvalue weighted by Gasteiger charge is -2.11. The summed E-state index contributed by atoms with van der Waals surface area (Å²) in [6.45, 7) is 4.11. The highest BCUT2D eigenvalue weighted by atomic mass is 16.5. The number of benzene rings is 1. The first kappa shape index (κ1) is 14.6. The zero-order valence-electron chi connectivity index (χ0n) is 11.5. The largest absolute Gasteiger partial charge is 0.496 e. The van der Waals surface area contributed by atoms with Crippen molar-refractivity contribution in [2.75, 3.05) is 7.11 Å². The molecule has 0 bridgehead atoms. The number of unbranched alkanes of at least 4 members (excludes halogenated alkanes) is 2. The monoisotopic (exact) mass is 250 g/mol. The zero-order valence-corrected chi connectivity index (χ0v) is 11.5. The summed E-state index contributed by atoms with van der Waals surface area (Å²) in [7, 11) is 1.70. The average Bonchev–Trinajstić information content (AvgIpc) is 2.27. The third-order valence-corrected chi connectivity index (χ3v) is 3.08. The molecule has 0 unspecified atom stereocenters. The van der Waals surface area contributed by atoms with Gasteiger partial charge in [-0.3, -0.25) is 4.79 Å². The lowest BCUT2D eigenvalue weighted by atomic mass is 10.0. The van der Waals surface area contributed by atoms with Crippen molar-refractivity contribution in [3.8, 4) is 5.75 Å². The van der Waals surface area contributed by atoms with E-state index in [1.807, 2.05) is 0 Å². The molecule has 1 aromatic carbocycles. The van der Waals surface area contributed by atoms with Crippen LogP contribution < -0.4 is 4.74 Å². The summed E-state index contributed by atoms with van der Waals surface area (Å²) < 4.78 is 5.33. The second-order valence-corrected chi connectivity index (χ2v) is 4.72. The standard InChI is InChI=1S/C15H22O3/c1-11-9-13(10-12(2)15(11)18-3)7-5-4-6-8-14(16)17/h9-10H,4-8H2,1-3H3,(H,16,17). The summed E-state index contributed by atoms with van der Waals surface area (Å²) in [5.74, 6) is 0.260. The van der Waals surface area contributed by atoms with E-state index in [4.69, 9.17) is 9.84 Å². The second-order valence-electron chi connectivity index (χ2n) is 4.72. The van der Waals surface area contributed by atoms with Gasteiger partial charge in [0.15, 0.2) is 0 Å². The Balaban J connectivity index is 2.46. The Kier molecular flexibility index (Phi) is 5.69. The van der Waals surface area contributed by atoms with Gasteiger partial charge in [0.05, 0.1) is 7.11 Å². The minimum atomic E-state index is -0.703. The smallest absolute Gasteiger partial charge is 0.303 e. The number of methoxy groups -OCH3 is 1. The topological polar surface area (TPSA) is 46.5 Å². The number of ether oxygens (including phenoxy) is 1. The quantitative estimate of drug-likeness (QED) is 0.753. The molecule has 1 N–H and O–H groups in total. The molecule has 0 aliphatic heterocycles. The van der Waals surface area contributed by atoms with Crippen LogP contribution in [0.3, 0.4) is 0 Å². The fourth-order valence-corrected chi connectivity index (χ4v) is 2.29. The van der Waals surface area contributed by atoms with E-state index in [1.165, 1.54) is 5.56 Å². The van der Waals surface area contributed by atoms with Crippen molar-refractivity contribution in [2.24, 2.45) is 0 Å². The predicted molar refractivity (Wildman–Crippen MR) is 72.3 cm³/mol. The number of aliphatic carboxylic acids is 1. The van der Waals surface area contributed by atoms with Crippen LogP contribution in [0, 0.1) is 13.8 Å². The molecule has 0 saturated heterocycles. The fraction of sp³-hybridized carbons (Fsp3) is 0.533.